The van der Waals surface area contributed by atoms with Gasteiger partial charge in [-0.3, -0.25) is 0 Å². The standard InChI is InChI=1S/C19H24NS2/c1-4-20(2,3)14-16-10-12-17(13-11-16)15-22-19(21)18-8-6-5-7-9-18/h5-13H,4,14-15H2,1-3H3/q+1. The Morgan fingerprint density at radius 3 is 2.14 bits per heavy atom. The number of rotatable bonds is 6. The molecule has 2 aromatic carbocycles. The summed E-state index contributed by atoms with van der Waals surface area (Å²) in [6, 6.07) is 19.2. The lowest BCUT2D eigenvalue weighted by molar-refractivity contribution is -0.901. The van der Waals surface area contributed by atoms with Crippen LogP contribution in [0.2, 0.25) is 0 Å². The maximum atomic E-state index is 5.49. The number of nitrogens with zero attached hydrogens (tertiary/aromatic N) is 1. The number of hydrogen-bond donors (Lipinski definition) is 0. The van der Waals surface area contributed by atoms with Crippen LogP contribution in [-0.2, 0) is 12.3 Å². The van der Waals surface area contributed by atoms with Crippen molar-refractivity contribution in [1.82, 2.24) is 0 Å². The molecule has 0 N–H and O–H groups in total. The van der Waals surface area contributed by atoms with Crippen molar-refractivity contribution >= 4 is 28.2 Å². The van der Waals surface area contributed by atoms with Crippen molar-refractivity contribution in [2.45, 2.75) is 19.2 Å². The third-order valence-electron chi connectivity index (χ3n) is 3.87. The van der Waals surface area contributed by atoms with Crippen molar-refractivity contribution in [2.24, 2.45) is 0 Å². The van der Waals surface area contributed by atoms with Gasteiger partial charge in [0.15, 0.2) is 0 Å². The molecule has 0 radical (unpaired) electrons. The molecule has 0 amide bonds. The highest BCUT2D eigenvalue weighted by Crippen LogP contribution is 2.20. The van der Waals surface area contributed by atoms with Crippen LogP contribution in [-0.4, -0.2) is 29.3 Å². The zero-order chi connectivity index (χ0) is 16.0. The second-order valence-electron chi connectivity index (χ2n) is 6.17. The lowest BCUT2D eigenvalue weighted by Gasteiger charge is -2.28. The highest BCUT2D eigenvalue weighted by Gasteiger charge is 2.12. The first-order valence-corrected chi connectivity index (χ1v) is 9.01. The quantitative estimate of drug-likeness (QED) is 0.546. The van der Waals surface area contributed by atoms with Crippen LogP contribution in [0.5, 0.6) is 0 Å². The molecule has 1 nitrogen and oxygen atoms in total. The lowest BCUT2D eigenvalue weighted by Crippen LogP contribution is -2.38. The van der Waals surface area contributed by atoms with Crippen molar-refractivity contribution in [2.75, 3.05) is 20.6 Å². The second kappa shape index (κ2) is 7.91. The Morgan fingerprint density at radius 2 is 1.55 bits per heavy atom. The van der Waals surface area contributed by atoms with Gasteiger partial charge < -0.3 is 4.48 Å². The molecule has 0 saturated carbocycles. The van der Waals surface area contributed by atoms with E-state index in [1.165, 1.54) is 11.1 Å². The molecule has 22 heavy (non-hydrogen) atoms. The zero-order valence-corrected chi connectivity index (χ0v) is 15.2. The molecule has 2 aromatic rings. The van der Waals surface area contributed by atoms with Crippen LogP contribution in [0.3, 0.4) is 0 Å². The number of thioether (sulfide) groups is 1. The first-order chi connectivity index (χ1) is 10.5. The fourth-order valence-electron chi connectivity index (χ4n) is 2.15. The van der Waals surface area contributed by atoms with Gasteiger partial charge in [0.25, 0.3) is 0 Å². The van der Waals surface area contributed by atoms with Crippen molar-refractivity contribution < 1.29 is 4.48 Å². The third kappa shape index (κ3) is 5.24. The van der Waals surface area contributed by atoms with Crippen molar-refractivity contribution in [3.63, 3.8) is 0 Å². The summed E-state index contributed by atoms with van der Waals surface area (Å²) < 4.78 is 1.99. The average Bonchev–Trinajstić information content (AvgIpc) is 2.54. The van der Waals surface area contributed by atoms with Crippen molar-refractivity contribution in [3.8, 4) is 0 Å². The fourth-order valence-corrected chi connectivity index (χ4v) is 3.26. The number of quaternary nitrogens is 1. The number of benzene rings is 2. The Balaban J connectivity index is 1.90. The van der Waals surface area contributed by atoms with Crippen LogP contribution in [0.25, 0.3) is 0 Å². The van der Waals surface area contributed by atoms with Gasteiger partial charge in [-0.05, 0) is 18.1 Å². The van der Waals surface area contributed by atoms with Crippen LogP contribution >= 0.6 is 24.0 Å². The first kappa shape index (κ1) is 17.2. The predicted molar refractivity (Wildman–Crippen MR) is 102 cm³/mol. The number of thiocarbonyl (C=S) groups is 1. The molecule has 2 rings (SSSR count). The van der Waals surface area contributed by atoms with Gasteiger partial charge in [0.1, 0.15) is 6.54 Å². The molecule has 0 unspecified atom stereocenters. The molecule has 0 aromatic heterocycles. The zero-order valence-electron chi connectivity index (χ0n) is 13.6. The molecule has 0 heterocycles. The van der Waals surface area contributed by atoms with Gasteiger partial charge in [-0.15, -0.1) is 11.8 Å². The molecule has 0 fully saturated rings. The monoisotopic (exact) mass is 330 g/mol. The summed E-state index contributed by atoms with van der Waals surface area (Å²) in [5, 5.41) is 0. The second-order valence-corrected chi connectivity index (χ2v) is 7.82. The highest BCUT2D eigenvalue weighted by atomic mass is 32.2. The average molecular weight is 331 g/mol. The summed E-state index contributed by atoms with van der Waals surface area (Å²) in [5.74, 6) is 0.931. The van der Waals surface area contributed by atoms with Crippen LogP contribution in [0.4, 0.5) is 0 Å². The Labute approximate surface area is 143 Å². The van der Waals surface area contributed by atoms with Crippen LogP contribution in [0.15, 0.2) is 54.6 Å². The summed E-state index contributed by atoms with van der Waals surface area (Å²) in [5.41, 5.74) is 3.86. The van der Waals surface area contributed by atoms with E-state index in [4.69, 9.17) is 12.2 Å². The van der Waals surface area contributed by atoms with Gasteiger partial charge in [0.2, 0.25) is 0 Å². The number of hydrogen-bond acceptors (Lipinski definition) is 2. The summed E-state index contributed by atoms with van der Waals surface area (Å²) in [6.07, 6.45) is 0. The van der Waals surface area contributed by atoms with E-state index in [1.54, 1.807) is 11.8 Å². The first-order valence-electron chi connectivity index (χ1n) is 7.62. The molecule has 116 valence electrons. The maximum Gasteiger partial charge on any atom is 0.104 e. The van der Waals surface area contributed by atoms with E-state index in [-0.39, 0.29) is 0 Å². The summed E-state index contributed by atoms with van der Waals surface area (Å²) in [7, 11) is 4.53. The van der Waals surface area contributed by atoms with Gasteiger partial charge in [-0.1, -0.05) is 66.8 Å². The maximum absolute atomic E-state index is 5.49. The predicted octanol–water partition coefficient (Wildman–Crippen LogP) is 4.89. The summed E-state index contributed by atoms with van der Waals surface area (Å²) in [4.78, 5) is 0. The molecule has 0 atom stereocenters. The smallest absolute Gasteiger partial charge is 0.104 e. The molecule has 0 aliphatic rings. The Hall–Kier alpha value is -1.16. The lowest BCUT2D eigenvalue weighted by atomic mass is 10.1. The molecule has 0 saturated heterocycles. The molecule has 0 aliphatic carbocycles. The van der Waals surface area contributed by atoms with E-state index in [9.17, 15) is 0 Å². The Bertz CT molecular complexity index is 603. The van der Waals surface area contributed by atoms with Crippen LogP contribution in [0.1, 0.15) is 23.6 Å². The van der Waals surface area contributed by atoms with Gasteiger partial charge in [-0.2, -0.15) is 0 Å². The summed E-state index contributed by atoms with van der Waals surface area (Å²) in [6.45, 7) is 4.45. The normalized spacial score (nSPS) is 11.4. The Morgan fingerprint density at radius 1 is 0.955 bits per heavy atom. The van der Waals surface area contributed by atoms with E-state index >= 15 is 0 Å². The molecule has 0 spiro atoms. The van der Waals surface area contributed by atoms with Crippen molar-refractivity contribution in [3.05, 3.63) is 71.3 Å². The molecule has 3 heteroatoms. The molecule has 0 bridgehead atoms. The third-order valence-corrected chi connectivity index (χ3v) is 5.43. The molecular formula is C19H24NS2+. The topological polar surface area (TPSA) is 0 Å². The van der Waals surface area contributed by atoms with E-state index in [0.29, 0.717) is 0 Å². The van der Waals surface area contributed by atoms with Crippen molar-refractivity contribution in [1.29, 1.82) is 0 Å². The van der Waals surface area contributed by atoms with E-state index in [2.05, 4.69) is 57.4 Å². The summed E-state index contributed by atoms with van der Waals surface area (Å²) >= 11 is 7.23. The van der Waals surface area contributed by atoms with E-state index in [0.717, 1.165) is 33.1 Å². The minimum atomic E-state index is 0.931. The highest BCUT2D eigenvalue weighted by molar-refractivity contribution is 8.23. The minimum absolute atomic E-state index is 0.931. The molecular weight excluding hydrogens is 306 g/mol. The largest absolute Gasteiger partial charge is 0.325 e. The van der Waals surface area contributed by atoms with Gasteiger partial charge >= 0.3 is 0 Å². The fraction of sp³-hybridized carbons (Fsp3) is 0.316. The minimum Gasteiger partial charge on any atom is -0.325 e. The van der Waals surface area contributed by atoms with Gasteiger partial charge in [-0.25, -0.2) is 0 Å². The van der Waals surface area contributed by atoms with Crippen LogP contribution in [0, 0.1) is 0 Å². The SMILES string of the molecule is CC[N+](C)(C)Cc1ccc(CSC(=S)c2ccccc2)cc1. The van der Waals surface area contributed by atoms with Crippen LogP contribution < -0.4 is 0 Å². The van der Waals surface area contributed by atoms with E-state index in [1.807, 2.05) is 18.2 Å². The molecule has 0 aliphatic heterocycles. The van der Waals surface area contributed by atoms with Gasteiger partial charge in [0, 0.05) is 11.3 Å². The van der Waals surface area contributed by atoms with E-state index < -0.39 is 0 Å². The Kier molecular flexibility index (Phi) is 6.18. The van der Waals surface area contributed by atoms with Gasteiger partial charge in [0.05, 0.1) is 24.8 Å².